The maximum Gasteiger partial charge on any atom is 0.191 e. The van der Waals surface area contributed by atoms with E-state index in [0.29, 0.717) is 21.8 Å². The number of aromatic nitrogens is 3. The highest BCUT2D eigenvalue weighted by molar-refractivity contribution is 14.0. The molecule has 0 saturated carbocycles. The molecule has 0 fully saturated rings. The van der Waals surface area contributed by atoms with Gasteiger partial charge in [-0.3, -0.25) is 4.99 Å². The summed E-state index contributed by atoms with van der Waals surface area (Å²) in [6.07, 6.45) is 1.03. The van der Waals surface area contributed by atoms with E-state index < -0.39 is 6.10 Å². The largest absolute Gasteiger partial charge is 0.489 e. The molecule has 1 aliphatic heterocycles. The van der Waals surface area contributed by atoms with E-state index >= 15 is 0 Å². The first-order valence-corrected chi connectivity index (χ1v) is 10.4. The minimum atomic E-state index is -0.781. The molecule has 0 amide bonds. The highest BCUT2D eigenvalue weighted by Crippen LogP contribution is 2.31. The number of guanidine groups is 1. The first-order valence-electron chi connectivity index (χ1n) is 9.66. The summed E-state index contributed by atoms with van der Waals surface area (Å²) >= 11 is 12.1. The quantitative estimate of drug-likeness (QED) is 0.270. The van der Waals surface area contributed by atoms with Gasteiger partial charge in [-0.05, 0) is 32.4 Å². The van der Waals surface area contributed by atoms with Crippen LogP contribution in [0.3, 0.4) is 0 Å². The van der Waals surface area contributed by atoms with Gasteiger partial charge in [-0.15, -0.1) is 24.0 Å². The molecule has 0 spiro atoms. The Kier molecular flexibility index (Phi) is 9.92. The van der Waals surface area contributed by atoms with Crippen molar-refractivity contribution in [3.8, 4) is 5.75 Å². The predicted molar refractivity (Wildman–Crippen MR) is 129 cm³/mol. The number of aliphatic hydroxyl groups excluding tert-OH is 1. The smallest absolute Gasteiger partial charge is 0.191 e. The Labute approximate surface area is 203 Å². The van der Waals surface area contributed by atoms with Gasteiger partial charge >= 0.3 is 0 Å². The number of halogens is 3. The zero-order chi connectivity index (χ0) is 20.8. The maximum absolute atomic E-state index is 10.2. The Balaban J connectivity index is 0.00000320. The Hall–Kier alpha value is -1.30. The molecule has 2 aromatic rings. The normalized spacial score (nSPS) is 17.0. The molecule has 0 radical (unpaired) electrons. The standard InChI is InChI=1S/C19H26Cl2N6O2.HI/c1-3-22-19(25-13-7-8-17-24-12(2)26-27(17)10-13)23-9-14(28)11-29-16-6-4-5-15(20)18(16)21;/h4-6,13-14,28H,3,7-11H2,1-2H3,(H2,22,23,25);1H. The number of ether oxygens (including phenoxy) is 1. The second kappa shape index (κ2) is 11.9. The van der Waals surface area contributed by atoms with Gasteiger partial charge in [-0.2, -0.15) is 5.10 Å². The molecule has 0 bridgehead atoms. The lowest BCUT2D eigenvalue weighted by molar-refractivity contribution is 0.114. The van der Waals surface area contributed by atoms with Crippen molar-refractivity contribution in [2.75, 3.05) is 19.7 Å². The number of rotatable bonds is 7. The molecule has 1 aromatic heterocycles. The topological polar surface area (TPSA) is 96.6 Å². The van der Waals surface area contributed by atoms with Crippen molar-refractivity contribution < 1.29 is 9.84 Å². The van der Waals surface area contributed by atoms with E-state index in [1.165, 1.54) is 0 Å². The van der Waals surface area contributed by atoms with Crippen molar-refractivity contribution in [2.45, 2.75) is 45.4 Å². The molecule has 1 aliphatic rings. The van der Waals surface area contributed by atoms with Crippen LogP contribution in [0.4, 0.5) is 0 Å². The molecular formula is C19H27Cl2IN6O2. The van der Waals surface area contributed by atoms with E-state index in [1.54, 1.807) is 18.2 Å². The molecular weight excluding hydrogens is 542 g/mol. The Bertz CT molecular complexity index is 864. The zero-order valence-electron chi connectivity index (χ0n) is 16.9. The second-order valence-corrected chi connectivity index (χ2v) is 7.66. The fourth-order valence-electron chi connectivity index (χ4n) is 3.10. The molecule has 11 heteroatoms. The lowest BCUT2D eigenvalue weighted by Gasteiger charge is -2.25. The number of nitrogens with one attached hydrogen (secondary N) is 2. The minimum absolute atomic E-state index is 0. The van der Waals surface area contributed by atoms with Crippen molar-refractivity contribution in [3.05, 3.63) is 39.9 Å². The first-order chi connectivity index (χ1) is 14.0. The van der Waals surface area contributed by atoms with E-state index in [2.05, 4.69) is 25.7 Å². The summed E-state index contributed by atoms with van der Waals surface area (Å²) in [5.74, 6) is 2.91. The predicted octanol–water partition coefficient (Wildman–Crippen LogP) is 2.82. The van der Waals surface area contributed by atoms with Gasteiger partial charge in [0.15, 0.2) is 5.96 Å². The van der Waals surface area contributed by atoms with Crippen LogP contribution in [0.2, 0.25) is 10.0 Å². The third-order valence-corrected chi connectivity index (χ3v) is 5.26. The van der Waals surface area contributed by atoms with Crippen molar-refractivity contribution in [2.24, 2.45) is 4.99 Å². The van der Waals surface area contributed by atoms with Crippen molar-refractivity contribution >= 4 is 53.1 Å². The number of nitrogens with zero attached hydrogens (tertiary/aromatic N) is 4. The molecule has 30 heavy (non-hydrogen) atoms. The fraction of sp³-hybridized carbons (Fsp3) is 0.526. The van der Waals surface area contributed by atoms with Crippen LogP contribution in [0.25, 0.3) is 0 Å². The Morgan fingerprint density at radius 2 is 2.23 bits per heavy atom. The molecule has 0 saturated heterocycles. The molecule has 0 aliphatic carbocycles. The van der Waals surface area contributed by atoms with Crippen LogP contribution in [0.5, 0.6) is 5.75 Å². The fourth-order valence-corrected chi connectivity index (χ4v) is 3.44. The number of hydrogen-bond donors (Lipinski definition) is 3. The SMILES string of the molecule is CCNC(=NCC(O)COc1cccc(Cl)c1Cl)NC1CCc2nc(C)nn2C1.I. The summed E-state index contributed by atoms with van der Waals surface area (Å²) < 4.78 is 7.51. The van der Waals surface area contributed by atoms with E-state index in [-0.39, 0.29) is 43.2 Å². The number of hydrogen-bond acceptors (Lipinski definition) is 5. The molecule has 2 atom stereocenters. The highest BCUT2D eigenvalue weighted by atomic mass is 127. The lowest BCUT2D eigenvalue weighted by atomic mass is 10.1. The van der Waals surface area contributed by atoms with Crippen LogP contribution in [-0.2, 0) is 13.0 Å². The van der Waals surface area contributed by atoms with Gasteiger partial charge < -0.3 is 20.5 Å². The van der Waals surface area contributed by atoms with Crippen LogP contribution < -0.4 is 15.4 Å². The number of aryl methyl sites for hydroxylation is 2. The molecule has 3 rings (SSSR count). The van der Waals surface area contributed by atoms with Crippen LogP contribution in [0.1, 0.15) is 25.0 Å². The number of benzene rings is 1. The van der Waals surface area contributed by atoms with Gasteiger partial charge in [0.2, 0.25) is 0 Å². The summed E-state index contributed by atoms with van der Waals surface area (Å²) in [6, 6.07) is 5.33. The highest BCUT2D eigenvalue weighted by Gasteiger charge is 2.21. The summed E-state index contributed by atoms with van der Waals surface area (Å²) in [4.78, 5) is 8.91. The van der Waals surface area contributed by atoms with E-state index in [4.69, 9.17) is 27.9 Å². The number of aliphatic hydroxyl groups is 1. The molecule has 166 valence electrons. The average Bonchev–Trinajstić information content (AvgIpc) is 3.06. The summed E-state index contributed by atoms with van der Waals surface area (Å²) in [6.45, 7) is 5.61. The number of aliphatic imine (C=N–C) groups is 1. The third kappa shape index (κ3) is 6.86. The maximum atomic E-state index is 10.2. The Morgan fingerprint density at radius 1 is 1.43 bits per heavy atom. The van der Waals surface area contributed by atoms with E-state index in [9.17, 15) is 5.11 Å². The van der Waals surface area contributed by atoms with Crippen LogP contribution in [0, 0.1) is 6.92 Å². The second-order valence-electron chi connectivity index (χ2n) is 6.87. The van der Waals surface area contributed by atoms with Gasteiger partial charge in [-0.1, -0.05) is 29.3 Å². The third-order valence-electron chi connectivity index (χ3n) is 4.46. The monoisotopic (exact) mass is 568 g/mol. The molecule has 2 heterocycles. The lowest BCUT2D eigenvalue weighted by Crippen LogP contribution is -2.47. The van der Waals surface area contributed by atoms with Gasteiger partial charge in [0, 0.05) is 19.0 Å². The van der Waals surface area contributed by atoms with E-state index in [0.717, 1.165) is 37.6 Å². The van der Waals surface area contributed by atoms with Gasteiger partial charge in [-0.25, -0.2) is 9.67 Å². The van der Waals surface area contributed by atoms with Gasteiger partial charge in [0.1, 0.15) is 35.1 Å². The summed E-state index contributed by atoms with van der Waals surface area (Å²) in [5, 5.41) is 22.0. The zero-order valence-corrected chi connectivity index (χ0v) is 20.8. The van der Waals surface area contributed by atoms with Crippen LogP contribution in [0.15, 0.2) is 23.2 Å². The summed E-state index contributed by atoms with van der Waals surface area (Å²) in [7, 11) is 0. The average molecular weight is 569 g/mol. The number of fused-ring (bicyclic) bond motifs is 1. The Morgan fingerprint density at radius 3 is 3.00 bits per heavy atom. The van der Waals surface area contributed by atoms with Crippen LogP contribution >= 0.6 is 47.2 Å². The molecule has 3 N–H and O–H groups in total. The van der Waals surface area contributed by atoms with Gasteiger partial charge in [0.05, 0.1) is 18.1 Å². The van der Waals surface area contributed by atoms with Gasteiger partial charge in [0.25, 0.3) is 0 Å². The van der Waals surface area contributed by atoms with Crippen molar-refractivity contribution in [1.29, 1.82) is 0 Å². The minimum Gasteiger partial charge on any atom is -0.489 e. The first kappa shape index (κ1) is 25.0. The van der Waals surface area contributed by atoms with Crippen molar-refractivity contribution in [3.63, 3.8) is 0 Å². The summed E-state index contributed by atoms with van der Waals surface area (Å²) in [5.41, 5.74) is 0. The van der Waals surface area contributed by atoms with Crippen LogP contribution in [-0.4, -0.2) is 57.7 Å². The molecule has 2 unspecified atom stereocenters. The van der Waals surface area contributed by atoms with Crippen molar-refractivity contribution in [1.82, 2.24) is 25.4 Å². The van der Waals surface area contributed by atoms with E-state index in [1.807, 2.05) is 18.5 Å². The molecule has 1 aromatic carbocycles. The molecule has 8 nitrogen and oxygen atoms in total.